The lowest BCUT2D eigenvalue weighted by Crippen LogP contribution is -2.57. The van der Waals surface area contributed by atoms with Gasteiger partial charge >= 0.3 is 24.0 Å². The molecule has 2 aromatic carbocycles. The molecule has 1 aliphatic carbocycles. The fourth-order valence-corrected chi connectivity index (χ4v) is 9.14. The molecule has 1 amide bonds. The highest BCUT2D eigenvalue weighted by Crippen LogP contribution is 2.58. The maximum Gasteiger partial charge on any atom is 0.435 e. The first-order chi connectivity index (χ1) is 20.7. The molecule has 0 radical (unpaired) electrons. The van der Waals surface area contributed by atoms with E-state index in [9.17, 15) is 58.2 Å². The zero-order valence-corrected chi connectivity index (χ0v) is 24.3. The van der Waals surface area contributed by atoms with E-state index in [1.165, 1.54) is 4.90 Å². The van der Waals surface area contributed by atoms with Crippen molar-refractivity contribution >= 4 is 21.7 Å². The summed E-state index contributed by atoms with van der Waals surface area (Å²) in [7, 11) is -4.69. The molecular formula is C29H27F8NO6S. The van der Waals surface area contributed by atoms with Crippen molar-refractivity contribution in [1.82, 2.24) is 4.90 Å². The van der Waals surface area contributed by atoms with Crippen LogP contribution in [0.4, 0.5) is 35.1 Å². The maximum atomic E-state index is 15.0. The first-order valence-electron chi connectivity index (χ1n) is 13.8. The topological polar surface area (TPSA) is 101 Å². The van der Waals surface area contributed by atoms with Crippen molar-refractivity contribution in [2.24, 2.45) is 11.3 Å². The Balaban J connectivity index is 1.64. The SMILES string of the molecule is CC1(C(=O)N2CCC3(S(=O)(=O)c4ccc(F)cc4)c4ccc(C(F)(C(F)(F)F)C(F)(F)F)cc4OCC23)CCC(C(=O)O)CC1. The zero-order chi connectivity index (χ0) is 33.4. The number of benzene rings is 2. The number of rotatable bonds is 5. The number of halogens is 8. The van der Waals surface area contributed by atoms with Crippen molar-refractivity contribution in [3.05, 3.63) is 59.4 Å². The summed E-state index contributed by atoms with van der Waals surface area (Å²) >= 11 is 0. The van der Waals surface area contributed by atoms with E-state index in [0.717, 1.165) is 24.3 Å². The molecule has 45 heavy (non-hydrogen) atoms. The zero-order valence-electron chi connectivity index (χ0n) is 23.5. The molecule has 5 rings (SSSR count). The molecule has 0 bridgehead atoms. The molecule has 2 fully saturated rings. The fourth-order valence-electron chi connectivity index (χ4n) is 6.85. The van der Waals surface area contributed by atoms with Crippen LogP contribution in [-0.2, 0) is 29.8 Å². The third kappa shape index (κ3) is 4.85. The molecule has 2 aliphatic heterocycles. The van der Waals surface area contributed by atoms with Gasteiger partial charge in [-0.1, -0.05) is 19.1 Å². The molecule has 0 aromatic heterocycles. The molecule has 2 heterocycles. The Morgan fingerprint density at radius 1 is 0.933 bits per heavy atom. The normalized spacial score (nSPS) is 27.4. The van der Waals surface area contributed by atoms with Crippen LogP contribution in [0.15, 0.2) is 47.4 Å². The molecule has 1 saturated heterocycles. The lowest BCUT2D eigenvalue weighted by Gasteiger charge is -2.45. The molecule has 1 saturated carbocycles. The lowest BCUT2D eigenvalue weighted by atomic mass is 9.70. The second-order valence-electron chi connectivity index (χ2n) is 12.0. The predicted octanol–water partition coefficient (Wildman–Crippen LogP) is 6.06. The molecule has 2 aromatic rings. The smallest absolute Gasteiger partial charge is 0.435 e. The van der Waals surface area contributed by atoms with E-state index in [-0.39, 0.29) is 56.3 Å². The van der Waals surface area contributed by atoms with Crippen LogP contribution in [0.2, 0.25) is 0 Å². The Hall–Kier alpha value is -3.43. The number of carbonyl (C=O) groups is 2. The first-order valence-corrected chi connectivity index (χ1v) is 15.3. The van der Waals surface area contributed by atoms with Crippen LogP contribution in [0.5, 0.6) is 5.75 Å². The number of amides is 1. The summed E-state index contributed by atoms with van der Waals surface area (Å²) in [6.45, 7) is 0.708. The summed E-state index contributed by atoms with van der Waals surface area (Å²) in [5.74, 6) is -3.73. The summed E-state index contributed by atoms with van der Waals surface area (Å²) in [5, 5.41) is 9.36. The Morgan fingerprint density at radius 2 is 1.51 bits per heavy atom. The van der Waals surface area contributed by atoms with Crippen molar-refractivity contribution in [2.45, 2.75) is 72.7 Å². The third-order valence-corrected chi connectivity index (χ3v) is 12.0. The summed E-state index contributed by atoms with van der Waals surface area (Å²) in [4.78, 5) is 26.3. The lowest BCUT2D eigenvalue weighted by molar-refractivity contribution is -0.348. The van der Waals surface area contributed by atoms with Gasteiger partial charge in [0.1, 0.15) is 22.9 Å². The Labute approximate surface area is 252 Å². The van der Waals surface area contributed by atoms with Crippen molar-refractivity contribution in [3.8, 4) is 5.75 Å². The van der Waals surface area contributed by atoms with Crippen molar-refractivity contribution in [2.75, 3.05) is 13.2 Å². The average molecular weight is 670 g/mol. The Bertz CT molecular complexity index is 1600. The van der Waals surface area contributed by atoms with Gasteiger partial charge < -0.3 is 14.7 Å². The van der Waals surface area contributed by atoms with Gasteiger partial charge in [0.2, 0.25) is 5.91 Å². The van der Waals surface area contributed by atoms with Crippen LogP contribution in [0, 0.1) is 17.2 Å². The summed E-state index contributed by atoms with van der Waals surface area (Å²) in [6.07, 6.45) is -12.5. The van der Waals surface area contributed by atoms with E-state index in [1.54, 1.807) is 6.92 Å². The minimum atomic E-state index is -6.43. The second-order valence-corrected chi connectivity index (χ2v) is 14.2. The quantitative estimate of drug-likeness (QED) is 0.307. The predicted molar refractivity (Wildman–Crippen MR) is 140 cm³/mol. The number of carboxylic acid groups (broad SMARTS) is 1. The maximum absolute atomic E-state index is 15.0. The van der Waals surface area contributed by atoms with Crippen LogP contribution in [0.25, 0.3) is 0 Å². The van der Waals surface area contributed by atoms with Gasteiger partial charge in [-0.3, -0.25) is 9.59 Å². The minimum absolute atomic E-state index is 0.165. The van der Waals surface area contributed by atoms with Gasteiger partial charge in [-0.15, -0.1) is 0 Å². The molecule has 1 N–H and O–H groups in total. The van der Waals surface area contributed by atoms with Gasteiger partial charge in [-0.2, -0.15) is 26.3 Å². The van der Waals surface area contributed by atoms with E-state index < -0.39 is 90.5 Å². The van der Waals surface area contributed by atoms with Gasteiger partial charge in [0.05, 0.1) is 16.9 Å². The third-order valence-electron chi connectivity index (χ3n) is 9.47. The van der Waals surface area contributed by atoms with E-state index in [2.05, 4.69) is 0 Å². The second kappa shape index (κ2) is 10.6. The first kappa shape index (κ1) is 32.9. The largest absolute Gasteiger partial charge is 0.491 e. The van der Waals surface area contributed by atoms with Crippen molar-refractivity contribution in [3.63, 3.8) is 0 Å². The number of hydrogen-bond donors (Lipinski definition) is 1. The molecule has 0 spiro atoms. The Kier molecular flexibility index (Phi) is 7.73. The van der Waals surface area contributed by atoms with Crippen molar-refractivity contribution in [1.29, 1.82) is 0 Å². The molecule has 7 nitrogen and oxygen atoms in total. The highest BCUT2D eigenvalue weighted by atomic mass is 32.2. The number of alkyl halides is 7. The van der Waals surface area contributed by atoms with E-state index >= 15 is 0 Å². The highest BCUT2D eigenvalue weighted by Gasteiger charge is 2.74. The number of carbonyl (C=O) groups excluding carboxylic acids is 1. The van der Waals surface area contributed by atoms with Crippen LogP contribution in [-0.4, -0.2) is 61.8 Å². The van der Waals surface area contributed by atoms with Gasteiger partial charge in [0.25, 0.3) is 0 Å². The van der Waals surface area contributed by atoms with Crippen LogP contribution in [0.3, 0.4) is 0 Å². The average Bonchev–Trinajstić information content (AvgIpc) is 3.37. The van der Waals surface area contributed by atoms with Crippen LogP contribution in [0.1, 0.15) is 50.2 Å². The number of carboxylic acids is 1. The number of ether oxygens (including phenoxy) is 1. The van der Waals surface area contributed by atoms with E-state index in [1.807, 2.05) is 0 Å². The number of fused-ring (bicyclic) bond motifs is 3. The molecule has 3 aliphatic rings. The number of aliphatic carboxylic acids is 1. The monoisotopic (exact) mass is 669 g/mol. The molecule has 2 atom stereocenters. The molecule has 246 valence electrons. The van der Waals surface area contributed by atoms with Crippen LogP contribution < -0.4 is 4.74 Å². The summed E-state index contributed by atoms with van der Waals surface area (Å²) in [6, 6.07) is 3.26. The minimum Gasteiger partial charge on any atom is -0.491 e. The highest BCUT2D eigenvalue weighted by molar-refractivity contribution is 7.92. The molecule has 16 heteroatoms. The van der Waals surface area contributed by atoms with E-state index in [0.29, 0.717) is 6.07 Å². The van der Waals surface area contributed by atoms with Gasteiger partial charge in [0.15, 0.2) is 9.84 Å². The molecular weight excluding hydrogens is 642 g/mol. The summed E-state index contributed by atoms with van der Waals surface area (Å²) < 4.78 is 142. The summed E-state index contributed by atoms with van der Waals surface area (Å²) in [5.41, 5.74) is -9.16. The van der Waals surface area contributed by atoms with Crippen LogP contribution >= 0.6 is 0 Å². The van der Waals surface area contributed by atoms with Gasteiger partial charge in [-0.05, 0) is 62.4 Å². The number of hydrogen-bond acceptors (Lipinski definition) is 5. The number of nitrogens with zero attached hydrogens (tertiary/aromatic N) is 1. The fraction of sp³-hybridized carbons (Fsp3) is 0.517. The number of sulfone groups is 1. The number of likely N-dealkylation sites (tertiary alicyclic amines) is 1. The molecule has 2 unspecified atom stereocenters. The van der Waals surface area contributed by atoms with Gasteiger partial charge in [0, 0.05) is 23.1 Å². The standard InChI is InChI=1S/C29H27F8NO6S/c1-25(10-8-16(9-11-25)23(39)40)24(41)38-13-12-26(45(42,43)19-5-3-18(30)4-6-19)20-7-2-17(14-21(20)44-15-22(26)38)27(31,28(32,33)34)29(35,36)37/h2-7,14,16,22H,8-13,15H2,1H3,(H,39,40). The van der Waals surface area contributed by atoms with Gasteiger partial charge in [-0.25, -0.2) is 17.2 Å². The van der Waals surface area contributed by atoms with E-state index in [4.69, 9.17) is 4.74 Å². The van der Waals surface area contributed by atoms with Crippen molar-refractivity contribution < 1.29 is 63.0 Å². The Morgan fingerprint density at radius 3 is 2.04 bits per heavy atom.